The van der Waals surface area contributed by atoms with Gasteiger partial charge in [-0.25, -0.2) is 0 Å². The zero-order valence-corrected chi connectivity index (χ0v) is 7.75. The Kier molecular flexibility index (Phi) is 2.44. The monoisotopic (exact) mass is 195 g/mol. The Labute approximate surface area is 79.8 Å². The first kappa shape index (κ1) is 8.50. The average Bonchev–Trinajstić information content (AvgIpc) is 2.72. The van der Waals surface area contributed by atoms with E-state index < -0.39 is 0 Å². The number of aromatic nitrogens is 2. The molecular weight excluding hydrogens is 186 g/mol. The number of aromatic amines is 1. The van der Waals surface area contributed by atoms with Gasteiger partial charge in [-0.2, -0.15) is 16.9 Å². The fourth-order valence-corrected chi connectivity index (χ4v) is 2.10. The normalized spacial score (nSPS) is 23.1. The van der Waals surface area contributed by atoms with Crippen LogP contribution in [0.1, 0.15) is 5.69 Å². The third-order valence-corrected chi connectivity index (χ3v) is 2.84. The molecule has 13 heavy (non-hydrogen) atoms. The van der Waals surface area contributed by atoms with Crippen molar-refractivity contribution in [3.63, 3.8) is 0 Å². The zero-order valence-electron chi connectivity index (χ0n) is 6.93. The number of hydrogen-bond acceptors (Lipinski definition) is 4. The van der Waals surface area contributed by atoms with E-state index in [1.807, 2.05) is 6.07 Å². The van der Waals surface area contributed by atoms with Crippen LogP contribution in [0.25, 0.3) is 0 Å². The van der Waals surface area contributed by atoms with E-state index in [1.54, 1.807) is 24.2 Å². The predicted octanol–water partition coefficient (Wildman–Crippen LogP) is 0.513. The number of nitrogens with one attached hydrogen (secondary N) is 1. The summed E-state index contributed by atoms with van der Waals surface area (Å²) >= 11 is 1.64. The number of ketones is 1. The molecule has 0 amide bonds. The molecule has 5 heteroatoms. The molecule has 2 heterocycles. The number of Topliss-reactive ketones (excluding diaryl/α,β-unsaturated/α-hetero) is 1. The minimum atomic E-state index is -0.151. The molecule has 0 bridgehead atoms. The maximum Gasteiger partial charge on any atom is 0.167 e. The highest BCUT2D eigenvalue weighted by atomic mass is 32.2. The van der Waals surface area contributed by atoms with Gasteiger partial charge >= 0.3 is 0 Å². The van der Waals surface area contributed by atoms with Crippen LogP contribution in [-0.2, 0) is 4.79 Å². The van der Waals surface area contributed by atoms with Crippen molar-refractivity contribution in [2.24, 2.45) is 4.99 Å². The summed E-state index contributed by atoms with van der Waals surface area (Å²) in [6.07, 6.45) is 3.37. The van der Waals surface area contributed by atoms with Gasteiger partial charge < -0.3 is 0 Å². The number of carbonyl (C=O) groups excluding carboxylic acids is 1. The van der Waals surface area contributed by atoms with E-state index in [1.165, 1.54) is 0 Å². The van der Waals surface area contributed by atoms with Crippen molar-refractivity contribution in [1.29, 1.82) is 0 Å². The molecule has 1 aliphatic rings. The highest BCUT2D eigenvalue weighted by molar-refractivity contribution is 8.00. The van der Waals surface area contributed by atoms with Crippen LogP contribution >= 0.6 is 11.8 Å². The lowest BCUT2D eigenvalue weighted by atomic mass is 10.2. The molecule has 1 atom stereocenters. The molecule has 1 saturated heterocycles. The van der Waals surface area contributed by atoms with Gasteiger partial charge in [0.2, 0.25) is 0 Å². The first-order valence-corrected chi connectivity index (χ1v) is 5.15. The van der Waals surface area contributed by atoms with Crippen molar-refractivity contribution in [2.45, 2.75) is 6.04 Å². The first-order valence-electron chi connectivity index (χ1n) is 3.99. The van der Waals surface area contributed by atoms with Gasteiger partial charge in [0.15, 0.2) is 5.78 Å². The highest BCUT2D eigenvalue weighted by Gasteiger charge is 2.23. The van der Waals surface area contributed by atoms with Crippen LogP contribution < -0.4 is 0 Å². The molecule has 1 fully saturated rings. The lowest BCUT2D eigenvalue weighted by molar-refractivity contribution is -0.116. The van der Waals surface area contributed by atoms with Gasteiger partial charge in [0.05, 0.1) is 5.75 Å². The molecule has 0 spiro atoms. The molecule has 0 aliphatic carbocycles. The summed E-state index contributed by atoms with van der Waals surface area (Å²) in [6.45, 7) is 0. The summed E-state index contributed by atoms with van der Waals surface area (Å²) in [6, 6.07) is 1.66. The Morgan fingerprint density at radius 1 is 1.77 bits per heavy atom. The maximum atomic E-state index is 11.2. The Morgan fingerprint density at radius 3 is 3.31 bits per heavy atom. The molecule has 1 unspecified atom stereocenters. The van der Waals surface area contributed by atoms with Crippen LogP contribution in [0.5, 0.6) is 0 Å². The van der Waals surface area contributed by atoms with Crippen molar-refractivity contribution in [2.75, 3.05) is 11.5 Å². The smallest absolute Gasteiger partial charge is 0.167 e. The zero-order chi connectivity index (χ0) is 9.10. The van der Waals surface area contributed by atoms with Crippen molar-refractivity contribution >= 4 is 23.8 Å². The topological polar surface area (TPSA) is 58.1 Å². The highest BCUT2D eigenvalue weighted by Crippen LogP contribution is 2.16. The van der Waals surface area contributed by atoms with Crippen LogP contribution in [-0.4, -0.2) is 39.7 Å². The molecule has 0 saturated carbocycles. The van der Waals surface area contributed by atoms with Gasteiger partial charge in [-0.3, -0.25) is 14.9 Å². The predicted molar refractivity (Wildman–Crippen MR) is 52.3 cm³/mol. The van der Waals surface area contributed by atoms with E-state index in [0.717, 1.165) is 11.4 Å². The van der Waals surface area contributed by atoms with Crippen LogP contribution in [0, 0.1) is 0 Å². The summed E-state index contributed by atoms with van der Waals surface area (Å²) in [4.78, 5) is 15.3. The van der Waals surface area contributed by atoms with E-state index in [0.29, 0.717) is 5.75 Å². The molecule has 0 radical (unpaired) electrons. The van der Waals surface area contributed by atoms with Gasteiger partial charge in [0.1, 0.15) is 11.7 Å². The van der Waals surface area contributed by atoms with E-state index in [2.05, 4.69) is 15.2 Å². The number of rotatable bonds is 2. The number of H-pyrrole nitrogens is 1. The summed E-state index contributed by atoms with van der Waals surface area (Å²) in [5.41, 5.74) is 0.768. The van der Waals surface area contributed by atoms with Crippen molar-refractivity contribution in [3.8, 4) is 0 Å². The Balaban J connectivity index is 2.01. The number of thioether (sulfide) groups is 1. The quantitative estimate of drug-likeness (QED) is 0.700. The van der Waals surface area contributed by atoms with Gasteiger partial charge in [-0.05, 0) is 6.07 Å². The van der Waals surface area contributed by atoms with Crippen molar-refractivity contribution in [1.82, 2.24) is 10.2 Å². The van der Waals surface area contributed by atoms with Crippen molar-refractivity contribution < 1.29 is 4.79 Å². The second kappa shape index (κ2) is 3.74. The third-order valence-electron chi connectivity index (χ3n) is 1.80. The SMILES string of the molecule is O=C1CSCC1N=Cc1cc[nH]n1. The molecule has 1 aliphatic heterocycles. The van der Waals surface area contributed by atoms with E-state index in [-0.39, 0.29) is 11.8 Å². The number of aliphatic imine (C=N–C) groups is 1. The molecule has 1 aromatic rings. The molecule has 1 aromatic heterocycles. The van der Waals surface area contributed by atoms with E-state index in [9.17, 15) is 4.79 Å². The van der Waals surface area contributed by atoms with Crippen LogP contribution in [0.4, 0.5) is 0 Å². The summed E-state index contributed by atoms with van der Waals surface area (Å²) in [5.74, 6) is 1.62. The third kappa shape index (κ3) is 1.98. The van der Waals surface area contributed by atoms with Gasteiger partial charge in [-0.15, -0.1) is 0 Å². The minimum Gasteiger partial charge on any atom is -0.296 e. The first-order chi connectivity index (χ1) is 6.36. The van der Waals surface area contributed by atoms with Gasteiger partial charge in [0, 0.05) is 18.2 Å². The minimum absolute atomic E-state index is 0.151. The molecule has 68 valence electrons. The lowest BCUT2D eigenvalue weighted by Gasteiger charge is -1.96. The van der Waals surface area contributed by atoms with Crippen LogP contribution in [0.2, 0.25) is 0 Å². The fourth-order valence-electron chi connectivity index (χ4n) is 1.10. The standard InChI is InChI=1S/C8H9N3OS/c12-8-5-13-4-7(8)9-3-6-1-2-10-11-6/h1-3,7H,4-5H2,(H,10,11). The summed E-state index contributed by atoms with van der Waals surface area (Å²) in [5, 5.41) is 6.59. The Bertz CT molecular complexity index is 320. The summed E-state index contributed by atoms with van der Waals surface area (Å²) < 4.78 is 0. The molecule has 2 rings (SSSR count). The second-order valence-electron chi connectivity index (χ2n) is 2.77. The maximum absolute atomic E-state index is 11.2. The lowest BCUT2D eigenvalue weighted by Crippen LogP contribution is -2.15. The molecule has 4 nitrogen and oxygen atoms in total. The van der Waals surface area contributed by atoms with Gasteiger partial charge in [-0.1, -0.05) is 0 Å². The van der Waals surface area contributed by atoms with Crippen molar-refractivity contribution in [3.05, 3.63) is 18.0 Å². The van der Waals surface area contributed by atoms with Gasteiger partial charge in [0.25, 0.3) is 0 Å². The Morgan fingerprint density at radius 2 is 2.69 bits per heavy atom. The molecular formula is C8H9N3OS. The number of hydrogen-bond donors (Lipinski definition) is 1. The average molecular weight is 195 g/mol. The second-order valence-corrected chi connectivity index (χ2v) is 3.80. The fraction of sp³-hybridized carbons (Fsp3) is 0.375. The summed E-state index contributed by atoms with van der Waals surface area (Å²) in [7, 11) is 0. The van der Waals surface area contributed by atoms with Crippen LogP contribution in [0.15, 0.2) is 17.3 Å². The Hall–Kier alpha value is -1.10. The number of nitrogens with zero attached hydrogens (tertiary/aromatic N) is 2. The molecule has 0 aromatic carbocycles. The van der Waals surface area contributed by atoms with E-state index in [4.69, 9.17) is 0 Å². The number of carbonyl (C=O) groups is 1. The van der Waals surface area contributed by atoms with E-state index >= 15 is 0 Å². The largest absolute Gasteiger partial charge is 0.296 e. The van der Waals surface area contributed by atoms with Crippen LogP contribution in [0.3, 0.4) is 0 Å². The molecule has 1 N–H and O–H groups in total.